The normalized spacial score (nSPS) is 19.2. The lowest BCUT2D eigenvalue weighted by Crippen LogP contribution is -2.34. The van der Waals surface area contributed by atoms with E-state index in [2.05, 4.69) is 15.7 Å². The third-order valence-corrected chi connectivity index (χ3v) is 8.97. The van der Waals surface area contributed by atoms with E-state index < -0.39 is 33.6 Å². The molecule has 1 aliphatic rings. The molecule has 1 saturated carbocycles. The highest BCUT2D eigenvalue weighted by Crippen LogP contribution is 2.39. The van der Waals surface area contributed by atoms with Crippen LogP contribution in [0.1, 0.15) is 56.9 Å². The van der Waals surface area contributed by atoms with Gasteiger partial charge in [0.05, 0.1) is 35.2 Å². The number of aromatic nitrogens is 2. The van der Waals surface area contributed by atoms with E-state index in [4.69, 9.17) is 16.3 Å². The molecule has 9 nitrogen and oxygen atoms in total. The van der Waals surface area contributed by atoms with Crippen LogP contribution in [0, 0.1) is 5.92 Å². The highest BCUT2D eigenvalue weighted by molar-refractivity contribution is 7.91. The second-order valence-electron chi connectivity index (χ2n) is 11.0. The first kappa shape index (κ1) is 32.0. The van der Waals surface area contributed by atoms with Crippen LogP contribution in [0.2, 0.25) is 5.02 Å². The zero-order valence-corrected chi connectivity index (χ0v) is 24.7. The third-order valence-electron chi connectivity index (χ3n) is 6.93. The van der Waals surface area contributed by atoms with Crippen LogP contribution < -0.4 is 15.4 Å². The van der Waals surface area contributed by atoms with Crippen molar-refractivity contribution in [1.82, 2.24) is 15.1 Å². The zero-order chi connectivity index (χ0) is 30.0. The highest BCUT2D eigenvalue weighted by Gasteiger charge is 2.36. The molecule has 3 N–H and O–H groups in total. The molecule has 40 heavy (non-hydrogen) atoms. The summed E-state index contributed by atoms with van der Waals surface area (Å²) in [5.74, 6) is -0.243. The molecule has 1 amide bonds. The number of rotatable bonds is 10. The summed E-state index contributed by atoms with van der Waals surface area (Å²) < 4.78 is 69.6. The fraction of sp³-hybridized carbons (Fsp3) is 0.615. The minimum absolute atomic E-state index is 0.00907. The van der Waals surface area contributed by atoms with Gasteiger partial charge < -0.3 is 20.5 Å². The lowest BCUT2D eigenvalue weighted by atomic mass is 9.89. The Hall–Kier alpha value is -2.51. The van der Waals surface area contributed by atoms with Gasteiger partial charge in [-0.25, -0.2) is 8.42 Å². The molecule has 1 aromatic heterocycles. The average molecular weight is 609 g/mol. The van der Waals surface area contributed by atoms with Gasteiger partial charge in [-0.05, 0) is 64.5 Å². The van der Waals surface area contributed by atoms with Crippen molar-refractivity contribution in [2.45, 2.75) is 76.1 Å². The number of ether oxygens (including phenoxy) is 1. The molecular weight excluding hydrogens is 573 g/mol. The van der Waals surface area contributed by atoms with Crippen LogP contribution in [0.25, 0.3) is 11.3 Å². The molecule has 1 unspecified atom stereocenters. The molecule has 0 spiro atoms. The van der Waals surface area contributed by atoms with Gasteiger partial charge >= 0.3 is 6.18 Å². The van der Waals surface area contributed by atoms with Crippen molar-refractivity contribution < 1.29 is 36.2 Å². The number of benzene rings is 1. The quantitative estimate of drug-likeness (QED) is 0.358. The average Bonchev–Trinajstić information content (AvgIpc) is 3.15. The molecular formula is C26H36ClF3N4O5S. The standard InChI is InChI=1S/C26H36ClF3N4O5S/c1-15(26(28,29)30)32-17-8-11-19(20(12-17)39-4)23-21(27)22(33-34(23)14-25(2,3)36)24(35)31-13-16-6-9-18(10-7-16)40(5,37)38/h8,11-12,15-16,18,32,36H,6-7,9-10,13-14H2,1-5H3,(H,31,35). The lowest BCUT2D eigenvalue weighted by molar-refractivity contribution is -0.138. The summed E-state index contributed by atoms with van der Waals surface area (Å²) in [6.45, 7) is 4.39. The van der Waals surface area contributed by atoms with Crippen molar-refractivity contribution in [1.29, 1.82) is 0 Å². The lowest BCUT2D eigenvalue weighted by Gasteiger charge is -2.27. The first-order valence-corrected chi connectivity index (χ1v) is 15.2. The van der Waals surface area contributed by atoms with Crippen molar-refractivity contribution >= 4 is 33.0 Å². The number of methoxy groups -OCH3 is 1. The van der Waals surface area contributed by atoms with Crippen LogP contribution in [0.15, 0.2) is 18.2 Å². The second kappa shape index (κ2) is 12.2. The number of sulfone groups is 1. The third kappa shape index (κ3) is 8.03. The molecule has 1 aromatic carbocycles. The monoisotopic (exact) mass is 608 g/mol. The number of halogens is 4. The molecule has 0 saturated heterocycles. The van der Waals surface area contributed by atoms with Crippen LogP contribution >= 0.6 is 11.6 Å². The molecule has 2 aromatic rings. The van der Waals surface area contributed by atoms with Crippen molar-refractivity contribution in [2.75, 3.05) is 25.2 Å². The SMILES string of the molecule is COc1cc(NC(C)C(F)(F)F)ccc1-c1c(Cl)c(C(=O)NCC2CCC(S(C)(=O)=O)CC2)nn1CC(C)(C)O. The fourth-order valence-corrected chi connectivity index (χ4v) is 6.17. The minimum atomic E-state index is -4.45. The summed E-state index contributed by atoms with van der Waals surface area (Å²) in [5, 5.41) is 19.7. The van der Waals surface area contributed by atoms with Crippen molar-refractivity contribution in [2.24, 2.45) is 5.92 Å². The van der Waals surface area contributed by atoms with Crippen molar-refractivity contribution in [3.63, 3.8) is 0 Å². The zero-order valence-electron chi connectivity index (χ0n) is 23.1. The summed E-state index contributed by atoms with van der Waals surface area (Å²) in [6, 6.07) is 2.53. The molecule has 1 aliphatic carbocycles. The summed E-state index contributed by atoms with van der Waals surface area (Å²) in [6.07, 6.45) is -0.807. The predicted molar refractivity (Wildman–Crippen MR) is 148 cm³/mol. The van der Waals surface area contributed by atoms with E-state index in [-0.39, 0.29) is 45.6 Å². The van der Waals surface area contributed by atoms with Gasteiger partial charge in [-0.15, -0.1) is 0 Å². The van der Waals surface area contributed by atoms with Crippen LogP contribution in [0.5, 0.6) is 5.75 Å². The molecule has 1 fully saturated rings. The maximum atomic E-state index is 13.1. The number of aliphatic hydroxyl groups is 1. The van der Waals surface area contributed by atoms with Gasteiger partial charge in [-0.2, -0.15) is 18.3 Å². The van der Waals surface area contributed by atoms with Gasteiger partial charge in [0.1, 0.15) is 21.6 Å². The van der Waals surface area contributed by atoms with Gasteiger partial charge in [0, 0.05) is 30.1 Å². The molecule has 0 bridgehead atoms. The summed E-state index contributed by atoms with van der Waals surface area (Å²) in [7, 11) is -1.74. The van der Waals surface area contributed by atoms with E-state index in [0.29, 0.717) is 37.8 Å². The largest absolute Gasteiger partial charge is 0.496 e. The summed E-state index contributed by atoms with van der Waals surface area (Å²) in [5.41, 5.74) is -0.533. The molecule has 3 rings (SSSR count). The minimum Gasteiger partial charge on any atom is -0.496 e. The van der Waals surface area contributed by atoms with E-state index in [0.717, 1.165) is 6.92 Å². The van der Waals surface area contributed by atoms with E-state index in [1.165, 1.54) is 36.2 Å². The number of carbonyl (C=O) groups is 1. The van der Waals surface area contributed by atoms with Gasteiger partial charge in [-0.1, -0.05) is 11.6 Å². The van der Waals surface area contributed by atoms with E-state index in [9.17, 15) is 31.5 Å². The predicted octanol–water partition coefficient (Wildman–Crippen LogP) is 4.68. The summed E-state index contributed by atoms with van der Waals surface area (Å²) in [4.78, 5) is 13.1. The number of amides is 1. The Morgan fingerprint density at radius 2 is 1.88 bits per heavy atom. The molecule has 0 aliphatic heterocycles. The smallest absolute Gasteiger partial charge is 0.408 e. The molecule has 1 atom stereocenters. The first-order valence-electron chi connectivity index (χ1n) is 12.9. The van der Waals surface area contributed by atoms with Crippen molar-refractivity contribution in [3.8, 4) is 17.0 Å². The molecule has 0 radical (unpaired) electrons. The van der Waals surface area contributed by atoms with E-state index in [1.807, 2.05) is 0 Å². The Labute approximate surface area is 237 Å². The summed E-state index contributed by atoms with van der Waals surface area (Å²) >= 11 is 6.68. The van der Waals surface area contributed by atoms with E-state index >= 15 is 0 Å². The second-order valence-corrected chi connectivity index (χ2v) is 13.7. The number of hydrogen-bond donors (Lipinski definition) is 3. The number of anilines is 1. The van der Waals surface area contributed by atoms with E-state index in [1.54, 1.807) is 13.8 Å². The van der Waals surface area contributed by atoms with Gasteiger partial charge in [-0.3, -0.25) is 9.48 Å². The fourth-order valence-electron chi connectivity index (χ4n) is 4.72. The van der Waals surface area contributed by atoms with Gasteiger partial charge in [0.15, 0.2) is 5.69 Å². The van der Waals surface area contributed by atoms with Crippen molar-refractivity contribution in [3.05, 3.63) is 28.9 Å². The first-order chi connectivity index (χ1) is 18.4. The molecule has 224 valence electrons. The Balaban J connectivity index is 1.87. The molecule has 14 heteroatoms. The Kier molecular flexibility index (Phi) is 9.73. The molecule has 1 heterocycles. The number of hydrogen-bond acceptors (Lipinski definition) is 7. The Bertz CT molecular complexity index is 1320. The number of carbonyl (C=O) groups excluding carboxylic acids is 1. The van der Waals surface area contributed by atoms with Crippen LogP contribution in [0.3, 0.4) is 0 Å². The van der Waals surface area contributed by atoms with Crippen LogP contribution in [0.4, 0.5) is 18.9 Å². The van der Waals surface area contributed by atoms with Gasteiger partial charge in [0.2, 0.25) is 0 Å². The van der Waals surface area contributed by atoms with Crippen LogP contribution in [-0.2, 0) is 16.4 Å². The topological polar surface area (TPSA) is 123 Å². The number of nitrogens with zero attached hydrogens (tertiary/aromatic N) is 2. The number of alkyl halides is 3. The van der Waals surface area contributed by atoms with Gasteiger partial charge in [0.25, 0.3) is 5.91 Å². The highest BCUT2D eigenvalue weighted by atomic mass is 35.5. The van der Waals surface area contributed by atoms with Crippen LogP contribution in [-0.4, -0.2) is 72.2 Å². The Morgan fingerprint density at radius 1 is 1.25 bits per heavy atom. The maximum absolute atomic E-state index is 13.1. The Morgan fingerprint density at radius 3 is 2.40 bits per heavy atom. The number of nitrogens with one attached hydrogen (secondary N) is 2. The maximum Gasteiger partial charge on any atom is 0.408 e.